The number of carbonyl (C=O) groups is 1. The maximum Gasteiger partial charge on any atom is 0.261 e. The second-order valence-corrected chi connectivity index (χ2v) is 8.16. The Bertz CT molecular complexity index is 849. The Hall–Kier alpha value is -1.73. The van der Waals surface area contributed by atoms with Crippen LogP contribution >= 0.6 is 15.9 Å². The zero-order chi connectivity index (χ0) is 18.7. The molecule has 1 unspecified atom stereocenters. The molecule has 1 aromatic heterocycles. The molecule has 1 aliphatic heterocycles. The minimum atomic E-state index is -0.199. The average molecular weight is 421 g/mol. The highest BCUT2D eigenvalue weighted by atomic mass is 79.9. The van der Waals surface area contributed by atoms with Gasteiger partial charge in [-0.15, -0.1) is 0 Å². The highest BCUT2D eigenvalue weighted by Crippen LogP contribution is 2.18. The van der Waals surface area contributed by atoms with E-state index in [1.54, 1.807) is 12.1 Å². The van der Waals surface area contributed by atoms with Crippen molar-refractivity contribution in [3.05, 3.63) is 39.4 Å². The molecule has 1 atom stereocenters. The summed E-state index contributed by atoms with van der Waals surface area (Å²) in [5.74, 6) is 0.322. The third-order valence-corrected chi connectivity index (χ3v) is 5.46. The number of hydrogen-bond donors (Lipinski definition) is 1. The number of nitrogens with one attached hydrogen (secondary N) is 1. The first kappa shape index (κ1) is 19.0. The number of aromatic nitrogens is 2. The van der Waals surface area contributed by atoms with E-state index in [9.17, 15) is 9.59 Å². The summed E-state index contributed by atoms with van der Waals surface area (Å²) in [6.45, 7) is 7.22. The number of amides is 1. The van der Waals surface area contributed by atoms with Crippen molar-refractivity contribution in [2.45, 2.75) is 39.3 Å². The quantitative estimate of drug-likeness (QED) is 0.805. The normalized spacial score (nSPS) is 18.4. The maximum absolute atomic E-state index is 12.6. The lowest BCUT2D eigenvalue weighted by molar-refractivity contribution is -0.122. The molecule has 3 rings (SSSR count). The number of carbonyl (C=O) groups excluding carboxylic acids is 1. The fourth-order valence-electron chi connectivity index (χ4n) is 3.45. The van der Waals surface area contributed by atoms with Crippen LogP contribution in [0.2, 0.25) is 0 Å². The summed E-state index contributed by atoms with van der Waals surface area (Å²) in [5.41, 5.74) is 0.431. The van der Waals surface area contributed by atoms with Gasteiger partial charge in [-0.05, 0) is 57.4 Å². The molecule has 1 N–H and O–H groups in total. The summed E-state index contributed by atoms with van der Waals surface area (Å²) in [6.07, 6.45) is 3.75. The Morgan fingerprint density at radius 3 is 3.00 bits per heavy atom. The van der Waals surface area contributed by atoms with Gasteiger partial charge in [0.2, 0.25) is 5.91 Å². The minimum absolute atomic E-state index is 0.00506. The van der Waals surface area contributed by atoms with Crippen molar-refractivity contribution in [3.8, 4) is 0 Å². The highest BCUT2D eigenvalue weighted by molar-refractivity contribution is 9.10. The lowest BCUT2D eigenvalue weighted by atomic mass is 9.97. The van der Waals surface area contributed by atoms with Crippen molar-refractivity contribution in [2.75, 3.05) is 19.6 Å². The fraction of sp³-hybridized carbons (Fsp3) is 0.526. The summed E-state index contributed by atoms with van der Waals surface area (Å²) in [5, 5.41) is 3.49. The van der Waals surface area contributed by atoms with Crippen LogP contribution in [0.5, 0.6) is 0 Å². The van der Waals surface area contributed by atoms with Crippen LogP contribution in [0.1, 0.15) is 26.7 Å². The van der Waals surface area contributed by atoms with Gasteiger partial charge in [0.05, 0.1) is 17.2 Å². The number of halogens is 1. The number of hydrogen-bond acceptors (Lipinski definition) is 4. The third kappa shape index (κ3) is 4.51. The third-order valence-electron chi connectivity index (χ3n) is 4.97. The number of likely N-dealkylation sites (tertiary alicyclic amines) is 1. The molecule has 2 heterocycles. The zero-order valence-electron chi connectivity index (χ0n) is 15.2. The van der Waals surface area contributed by atoms with E-state index in [1.807, 2.05) is 6.07 Å². The monoisotopic (exact) mass is 420 g/mol. The number of nitrogens with zero attached hydrogens (tertiary/aromatic N) is 3. The fourth-order valence-corrected chi connectivity index (χ4v) is 3.81. The first-order valence-electron chi connectivity index (χ1n) is 9.09. The summed E-state index contributed by atoms with van der Waals surface area (Å²) >= 11 is 3.37. The van der Waals surface area contributed by atoms with E-state index in [1.165, 1.54) is 17.3 Å². The largest absolute Gasteiger partial charge is 0.354 e. The van der Waals surface area contributed by atoms with Gasteiger partial charge in [0, 0.05) is 23.6 Å². The lowest BCUT2D eigenvalue weighted by Gasteiger charge is -2.35. The number of piperidine rings is 1. The molecule has 1 fully saturated rings. The van der Waals surface area contributed by atoms with Crippen LogP contribution in [-0.2, 0) is 11.3 Å². The molecule has 0 radical (unpaired) electrons. The molecule has 1 saturated heterocycles. The summed E-state index contributed by atoms with van der Waals surface area (Å²) in [4.78, 5) is 31.6. The molecule has 0 bridgehead atoms. The zero-order valence-corrected chi connectivity index (χ0v) is 16.8. The van der Waals surface area contributed by atoms with E-state index in [0.29, 0.717) is 29.4 Å². The highest BCUT2D eigenvalue weighted by Gasteiger charge is 2.22. The van der Waals surface area contributed by atoms with Gasteiger partial charge in [-0.25, -0.2) is 4.98 Å². The molecule has 0 saturated carbocycles. The molecule has 26 heavy (non-hydrogen) atoms. The second kappa shape index (κ2) is 8.31. The molecule has 1 aromatic carbocycles. The van der Waals surface area contributed by atoms with Crippen molar-refractivity contribution in [1.82, 2.24) is 19.8 Å². The Morgan fingerprint density at radius 1 is 1.42 bits per heavy atom. The van der Waals surface area contributed by atoms with Crippen LogP contribution < -0.4 is 10.9 Å². The molecule has 2 aromatic rings. The molecule has 140 valence electrons. The summed E-state index contributed by atoms with van der Waals surface area (Å²) in [6, 6.07) is 5.90. The number of benzene rings is 1. The molecular formula is C19H25BrN4O2. The van der Waals surface area contributed by atoms with Crippen LogP contribution in [0.25, 0.3) is 10.9 Å². The van der Waals surface area contributed by atoms with Crippen molar-refractivity contribution >= 4 is 32.7 Å². The van der Waals surface area contributed by atoms with Crippen LogP contribution in [0.15, 0.2) is 33.8 Å². The van der Waals surface area contributed by atoms with Gasteiger partial charge in [-0.2, -0.15) is 0 Å². The van der Waals surface area contributed by atoms with Gasteiger partial charge < -0.3 is 10.2 Å². The Morgan fingerprint density at radius 2 is 2.23 bits per heavy atom. The second-order valence-electron chi connectivity index (χ2n) is 7.24. The molecular weight excluding hydrogens is 396 g/mol. The van der Waals surface area contributed by atoms with Crippen molar-refractivity contribution < 1.29 is 4.79 Å². The van der Waals surface area contributed by atoms with Crippen LogP contribution in [-0.4, -0.2) is 46.0 Å². The van der Waals surface area contributed by atoms with Gasteiger partial charge in [-0.3, -0.25) is 14.2 Å². The molecule has 7 heteroatoms. The molecule has 1 amide bonds. The van der Waals surface area contributed by atoms with Gasteiger partial charge in [0.25, 0.3) is 5.56 Å². The van der Waals surface area contributed by atoms with Crippen LogP contribution in [0.4, 0.5) is 0 Å². The van der Waals surface area contributed by atoms with Gasteiger partial charge in [-0.1, -0.05) is 15.9 Å². The molecule has 1 aliphatic rings. The number of rotatable bonds is 5. The smallest absolute Gasteiger partial charge is 0.261 e. The Labute approximate surface area is 161 Å². The molecule has 6 nitrogen and oxygen atoms in total. The van der Waals surface area contributed by atoms with E-state index >= 15 is 0 Å². The molecule has 0 aliphatic carbocycles. The predicted molar refractivity (Wildman–Crippen MR) is 106 cm³/mol. The Kier molecular flexibility index (Phi) is 6.09. The average Bonchev–Trinajstić information content (AvgIpc) is 2.63. The van der Waals surface area contributed by atoms with E-state index < -0.39 is 0 Å². The summed E-state index contributed by atoms with van der Waals surface area (Å²) in [7, 11) is 0. The van der Waals surface area contributed by atoms with Gasteiger partial charge in [0.1, 0.15) is 6.54 Å². The van der Waals surface area contributed by atoms with E-state index in [2.05, 4.69) is 45.0 Å². The first-order chi connectivity index (χ1) is 12.4. The lowest BCUT2D eigenvalue weighted by Crippen LogP contribution is -2.44. The van der Waals surface area contributed by atoms with Crippen molar-refractivity contribution in [2.24, 2.45) is 5.92 Å². The summed E-state index contributed by atoms with van der Waals surface area (Å²) < 4.78 is 2.18. The van der Waals surface area contributed by atoms with Crippen molar-refractivity contribution in [1.29, 1.82) is 0 Å². The predicted octanol–water partition coefficient (Wildman–Crippen LogP) is 2.40. The molecule has 0 spiro atoms. The maximum atomic E-state index is 12.6. The SMILES string of the molecule is CC(C)N1CCCC(CNC(=O)Cn2cnc3ccc(Br)cc3c2=O)C1. The van der Waals surface area contributed by atoms with Gasteiger partial charge in [0.15, 0.2) is 0 Å². The van der Waals surface area contributed by atoms with E-state index in [-0.39, 0.29) is 18.0 Å². The van der Waals surface area contributed by atoms with Crippen LogP contribution in [0.3, 0.4) is 0 Å². The minimum Gasteiger partial charge on any atom is -0.354 e. The Balaban J connectivity index is 1.61. The van der Waals surface area contributed by atoms with Crippen molar-refractivity contribution in [3.63, 3.8) is 0 Å². The number of fused-ring (bicyclic) bond motifs is 1. The van der Waals surface area contributed by atoms with Gasteiger partial charge >= 0.3 is 0 Å². The van der Waals surface area contributed by atoms with Crippen LogP contribution in [0, 0.1) is 5.92 Å². The van der Waals surface area contributed by atoms with E-state index in [4.69, 9.17) is 0 Å². The first-order valence-corrected chi connectivity index (χ1v) is 9.89. The van der Waals surface area contributed by atoms with E-state index in [0.717, 1.165) is 24.0 Å². The topological polar surface area (TPSA) is 67.2 Å². The standard InChI is InChI=1S/C19H25BrN4O2/c1-13(2)23-7-3-4-14(10-23)9-21-18(25)11-24-12-22-17-6-5-15(20)8-16(17)19(24)26/h5-6,8,12-14H,3-4,7,9-11H2,1-2H3,(H,21,25).